The van der Waals surface area contributed by atoms with Crippen LogP contribution in [0, 0.1) is 5.92 Å². The Morgan fingerprint density at radius 1 is 1.09 bits per heavy atom. The van der Waals surface area contributed by atoms with E-state index in [0.717, 1.165) is 46.8 Å². The highest BCUT2D eigenvalue weighted by Crippen LogP contribution is 2.31. The Bertz CT molecular complexity index is 1060. The molecule has 3 aromatic rings. The molecule has 0 saturated carbocycles. The summed E-state index contributed by atoms with van der Waals surface area (Å²) < 4.78 is 5.70. The molecule has 0 radical (unpaired) electrons. The minimum Gasteiger partial charge on any atom is -0.494 e. The molecule has 0 unspecified atom stereocenters. The van der Waals surface area contributed by atoms with Crippen LogP contribution in [0.15, 0.2) is 37.1 Å². The van der Waals surface area contributed by atoms with Gasteiger partial charge in [0, 0.05) is 55.9 Å². The van der Waals surface area contributed by atoms with E-state index in [1.807, 2.05) is 24.0 Å². The number of hydrogen-bond acceptors (Lipinski definition) is 7. The molecular weight excluding hydrogens is 406 g/mol. The van der Waals surface area contributed by atoms with E-state index in [0.29, 0.717) is 32.2 Å². The van der Waals surface area contributed by atoms with E-state index in [-0.39, 0.29) is 6.03 Å². The SMILES string of the molecule is CCOc1cc(-c2cnc(N3CCN(C(=O)NCC(C)C)CC3)cn2)c2cncnc2c1. The Hall–Kier alpha value is -3.49. The molecule has 1 aliphatic rings. The highest BCUT2D eigenvalue weighted by Gasteiger charge is 2.22. The topological polar surface area (TPSA) is 96.4 Å². The van der Waals surface area contributed by atoms with E-state index in [1.165, 1.54) is 6.33 Å². The van der Waals surface area contributed by atoms with Gasteiger partial charge in [-0.2, -0.15) is 0 Å². The van der Waals surface area contributed by atoms with E-state index < -0.39 is 0 Å². The van der Waals surface area contributed by atoms with Crippen molar-refractivity contribution in [2.24, 2.45) is 5.92 Å². The van der Waals surface area contributed by atoms with Crippen molar-refractivity contribution < 1.29 is 9.53 Å². The van der Waals surface area contributed by atoms with Crippen LogP contribution in [0.4, 0.5) is 10.6 Å². The first-order chi connectivity index (χ1) is 15.5. The van der Waals surface area contributed by atoms with Crippen molar-refractivity contribution in [3.8, 4) is 17.0 Å². The lowest BCUT2D eigenvalue weighted by Gasteiger charge is -2.35. The first-order valence-corrected chi connectivity index (χ1v) is 11.0. The van der Waals surface area contributed by atoms with Crippen molar-refractivity contribution in [3.63, 3.8) is 0 Å². The molecule has 0 atom stereocenters. The standard InChI is InChI=1S/C23H29N7O2/c1-4-32-17-9-18(19-12-24-15-28-20(19)10-17)21-13-26-22(14-25-21)29-5-7-30(8-6-29)23(31)27-11-16(2)3/h9-10,12-16H,4-8,11H2,1-3H3,(H,27,31). The molecule has 1 N–H and O–H groups in total. The van der Waals surface area contributed by atoms with Crippen molar-refractivity contribution >= 4 is 22.8 Å². The van der Waals surface area contributed by atoms with Gasteiger partial charge in [-0.3, -0.25) is 4.98 Å². The van der Waals surface area contributed by atoms with Crippen LogP contribution in [-0.2, 0) is 0 Å². The van der Waals surface area contributed by atoms with Gasteiger partial charge in [-0.05, 0) is 18.9 Å². The summed E-state index contributed by atoms with van der Waals surface area (Å²) in [6, 6.07) is 3.86. The molecule has 1 aromatic carbocycles. The van der Waals surface area contributed by atoms with E-state index in [4.69, 9.17) is 4.74 Å². The first kappa shape index (κ1) is 21.7. The Morgan fingerprint density at radius 3 is 2.59 bits per heavy atom. The average molecular weight is 436 g/mol. The van der Waals surface area contributed by atoms with Crippen molar-refractivity contribution in [1.82, 2.24) is 30.2 Å². The predicted octanol–water partition coefficient (Wildman–Crippen LogP) is 2.97. The monoisotopic (exact) mass is 435 g/mol. The number of rotatable bonds is 6. The molecule has 0 aliphatic carbocycles. The minimum absolute atomic E-state index is 0.00283. The van der Waals surface area contributed by atoms with Gasteiger partial charge < -0.3 is 19.9 Å². The number of anilines is 1. The summed E-state index contributed by atoms with van der Waals surface area (Å²) in [4.78, 5) is 34.1. The summed E-state index contributed by atoms with van der Waals surface area (Å²) >= 11 is 0. The second-order valence-corrected chi connectivity index (χ2v) is 8.17. The number of nitrogens with zero attached hydrogens (tertiary/aromatic N) is 6. The molecule has 2 aromatic heterocycles. The normalized spacial score (nSPS) is 14.1. The Kier molecular flexibility index (Phi) is 6.63. The third-order valence-corrected chi connectivity index (χ3v) is 5.38. The van der Waals surface area contributed by atoms with Crippen LogP contribution in [0.1, 0.15) is 20.8 Å². The Labute approximate surface area is 187 Å². The Morgan fingerprint density at radius 2 is 1.91 bits per heavy atom. The van der Waals surface area contributed by atoms with E-state index in [2.05, 4.69) is 44.0 Å². The van der Waals surface area contributed by atoms with Crippen LogP contribution in [0.2, 0.25) is 0 Å². The molecule has 0 bridgehead atoms. The molecule has 168 valence electrons. The molecule has 32 heavy (non-hydrogen) atoms. The molecule has 9 nitrogen and oxygen atoms in total. The van der Waals surface area contributed by atoms with Gasteiger partial charge in [0.1, 0.15) is 17.9 Å². The number of amides is 2. The van der Waals surface area contributed by atoms with Crippen molar-refractivity contribution in [1.29, 1.82) is 0 Å². The second kappa shape index (κ2) is 9.76. The molecule has 1 saturated heterocycles. The van der Waals surface area contributed by atoms with Gasteiger partial charge in [-0.1, -0.05) is 13.8 Å². The smallest absolute Gasteiger partial charge is 0.317 e. The summed E-state index contributed by atoms with van der Waals surface area (Å²) in [5, 5.41) is 3.88. The minimum atomic E-state index is 0.00283. The third kappa shape index (κ3) is 4.87. The number of piperazine rings is 1. The molecule has 4 rings (SSSR count). The largest absolute Gasteiger partial charge is 0.494 e. The number of urea groups is 1. The van der Waals surface area contributed by atoms with Crippen molar-refractivity contribution in [2.45, 2.75) is 20.8 Å². The molecule has 9 heteroatoms. The number of aromatic nitrogens is 4. The summed E-state index contributed by atoms with van der Waals surface area (Å²) in [5.74, 6) is 1.98. The van der Waals surface area contributed by atoms with Crippen molar-refractivity contribution in [3.05, 3.63) is 37.1 Å². The maximum Gasteiger partial charge on any atom is 0.317 e. The fourth-order valence-electron chi connectivity index (χ4n) is 3.69. The van der Waals surface area contributed by atoms with Gasteiger partial charge in [0.15, 0.2) is 0 Å². The molecule has 0 spiro atoms. The lowest BCUT2D eigenvalue weighted by atomic mass is 10.1. The van der Waals surface area contributed by atoms with Gasteiger partial charge >= 0.3 is 6.03 Å². The summed E-state index contributed by atoms with van der Waals surface area (Å²) in [7, 11) is 0. The number of carbonyl (C=O) groups is 1. The highest BCUT2D eigenvalue weighted by molar-refractivity contribution is 5.94. The van der Waals surface area contributed by atoms with Crippen LogP contribution < -0.4 is 15.0 Å². The number of nitrogens with one attached hydrogen (secondary N) is 1. The second-order valence-electron chi connectivity index (χ2n) is 8.17. The zero-order valence-corrected chi connectivity index (χ0v) is 18.8. The molecule has 1 fully saturated rings. The van der Waals surface area contributed by atoms with Gasteiger partial charge in [-0.25, -0.2) is 19.7 Å². The zero-order valence-electron chi connectivity index (χ0n) is 18.8. The molecule has 2 amide bonds. The van der Waals surface area contributed by atoms with E-state index in [1.54, 1.807) is 18.6 Å². The summed E-state index contributed by atoms with van der Waals surface area (Å²) in [6.07, 6.45) is 6.87. The van der Waals surface area contributed by atoms with Gasteiger partial charge in [0.25, 0.3) is 0 Å². The summed E-state index contributed by atoms with van der Waals surface area (Å²) in [6.45, 7) is 10.1. The van der Waals surface area contributed by atoms with Crippen LogP contribution in [-0.4, -0.2) is 70.2 Å². The quantitative estimate of drug-likeness (QED) is 0.636. The number of ether oxygens (including phenoxy) is 1. The number of carbonyl (C=O) groups excluding carboxylic acids is 1. The van der Waals surface area contributed by atoms with E-state index >= 15 is 0 Å². The first-order valence-electron chi connectivity index (χ1n) is 11.0. The number of fused-ring (bicyclic) bond motifs is 1. The van der Waals surface area contributed by atoms with Gasteiger partial charge in [0.05, 0.1) is 30.2 Å². The number of hydrogen-bond donors (Lipinski definition) is 1. The predicted molar refractivity (Wildman–Crippen MR) is 124 cm³/mol. The molecule has 3 heterocycles. The maximum atomic E-state index is 12.3. The molecular formula is C23H29N7O2. The lowest BCUT2D eigenvalue weighted by molar-refractivity contribution is 0.193. The van der Waals surface area contributed by atoms with Crippen LogP contribution in [0.5, 0.6) is 5.75 Å². The fourth-order valence-corrected chi connectivity index (χ4v) is 3.69. The van der Waals surface area contributed by atoms with Gasteiger partial charge in [0.2, 0.25) is 0 Å². The fraction of sp³-hybridized carbons (Fsp3) is 0.435. The van der Waals surface area contributed by atoms with Crippen LogP contribution >= 0.6 is 0 Å². The summed E-state index contributed by atoms with van der Waals surface area (Å²) in [5.41, 5.74) is 2.43. The third-order valence-electron chi connectivity index (χ3n) is 5.38. The van der Waals surface area contributed by atoms with E-state index in [9.17, 15) is 4.79 Å². The lowest BCUT2D eigenvalue weighted by Crippen LogP contribution is -2.52. The number of benzene rings is 1. The maximum absolute atomic E-state index is 12.3. The van der Waals surface area contributed by atoms with Crippen molar-refractivity contribution in [2.75, 3.05) is 44.2 Å². The molecule has 1 aliphatic heterocycles. The van der Waals surface area contributed by atoms with Gasteiger partial charge in [-0.15, -0.1) is 0 Å². The van der Waals surface area contributed by atoms with Crippen LogP contribution in [0.25, 0.3) is 22.2 Å². The Balaban J connectivity index is 1.47. The average Bonchev–Trinajstić information content (AvgIpc) is 2.82. The zero-order chi connectivity index (χ0) is 22.5. The van der Waals surface area contributed by atoms with Crippen LogP contribution in [0.3, 0.4) is 0 Å². The highest BCUT2D eigenvalue weighted by atomic mass is 16.5.